The Hall–Kier alpha value is -1.14. The van der Waals surface area contributed by atoms with Gasteiger partial charge in [-0.25, -0.2) is 4.83 Å². The van der Waals surface area contributed by atoms with Crippen LogP contribution >= 0.6 is 0 Å². The Balaban J connectivity index is 0.00000200. The Kier molecular flexibility index (Phi) is 6.42. The minimum absolute atomic E-state index is 0. The van der Waals surface area contributed by atoms with Gasteiger partial charge in [0.25, 0.3) is 10.0 Å². The predicted octanol–water partition coefficient (Wildman–Crippen LogP) is -0.689. The normalized spacial score (nSPS) is 11.1. The Bertz CT molecular complexity index is 668. The summed E-state index contributed by atoms with van der Waals surface area (Å²) < 4.78 is 23.8. The number of nitrogens with one attached hydrogen (secondary N) is 1. The van der Waals surface area contributed by atoms with E-state index in [1.165, 1.54) is 6.21 Å². The smallest absolute Gasteiger partial charge is 0.200 e. The average Bonchev–Trinajstić information content (AvgIpc) is 2.40. The van der Waals surface area contributed by atoms with E-state index >= 15 is 0 Å². The van der Waals surface area contributed by atoms with E-state index in [2.05, 4.69) is 9.93 Å². The van der Waals surface area contributed by atoms with Gasteiger partial charge >= 0.3 is 29.6 Å². The third-order valence-electron chi connectivity index (χ3n) is 2.52. The molecule has 0 fully saturated rings. The molecule has 2 aromatic rings. The molecule has 0 amide bonds. The summed E-state index contributed by atoms with van der Waals surface area (Å²) in [4.78, 5) is 2.38. The third-order valence-corrected chi connectivity index (χ3v) is 3.76. The summed E-state index contributed by atoms with van der Waals surface area (Å²) in [5.74, 6) is 0. The molecule has 0 atom stereocenters. The van der Waals surface area contributed by atoms with Crippen molar-refractivity contribution in [3.8, 4) is 0 Å². The fourth-order valence-corrected chi connectivity index (χ4v) is 2.27. The Labute approximate surface area is 141 Å². The van der Waals surface area contributed by atoms with E-state index in [9.17, 15) is 8.42 Å². The van der Waals surface area contributed by atoms with Crippen molar-refractivity contribution < 1.29 is 38.0 Å². The SMILES string of the molecule is Cc1ccc(S(=O)(=O)NN=Cc2ccccc2)cc1.[Na+]. The van der Waals surface area contributed by atoms with Gasteiger partial charge in [0.05, 0.1) is 11.1 Å². The second-order valence-electron chi connectivity index (χ2n) is 4.08. The Morgan fingerprint density at radius 1 is 1.00 bits per heavy atom. The van der Waals surface area contributed by atoms with Crippen molar-refractivity contribution in [3.05, 3.63) is 65.7 Å². The molecule has 0 unspecified atom stereocenters. The number of sulfonamides is 1. The van der Waals surface area contributed by atoms with Crippen LogP contribution in [0.1, 0.15) is 11.1 Å². The van der Waals surface area contributed by atoms with Gasteiger partial charge in [-0.05, 0) is 24.6 Å². The zero-order valence-electron chi connectivity index (χ0n) is 11.4. The molecule has 2 rings (SSSR count). The molecule has 0 aromatic heterocycles. The van der Waals surface area contributed by atoms with Crippen LogP contribution in [-0.2, 0) is 10.0 Å². The molecule has 0 saturated carbocycles. The van der Waals surface area contributed by atoms with Gasteiger partial charge in [0.15, 0.2) is 0 Å². The number of hydrazone groups is 1. The van der Waals surface area contributed by atoms with Crippen LogP contribution in [0.5, 0.6) is 0 Å². The molecule has 0 aliphatic heterocycles. The van der Waals surface area contributed by atoms with E-state index in [0.29, 0.717) is 0 Å². The second-order valence-corrected chi connectivity index (χ2v) is 5.74. The predicted molar refractivity (Wildman–Crippen MR) is 75.5 cm³/mol. The van der Waals surface area contributed by atoms with E-state index in [-0.39, 0.29) is 34.5 Å². The van der Waals surface area contributed by atoms with Gasteiger partial charge in [-0.2, -0.15) is 13.5 Å². The molecule has 0 heterocycles. The molecule has 0 aliphatic rings. The number of hydrogen-bond donors (Lipinski definition) is 1. The van der Waals surface area contributed by atoms with Crippen LogP contribution in [-0.4, -0.2) is 14.6 Å². The van der Waals surface area contributed by atoms with Crippen molar-refractivity contribution in [3.63, 3.8) is 0 Å². The Morgan fingerprint density at radius 3 is 2.20 bits per heavy atom. The summed E-state index contributed by atoms with van der Waals surface area (Å²) in [5.41, 5.74) is 1.83. The van der Waals surface area contributed by atoms with Crippen LogP contribution in [0.4, 0.5) is 0 Å². The largest absolute Gasteiger partial charge is 1.00 e. The first-order chi connectivity index (χ1) is 9.08. The molecule has 20 heavy (non-hydrogen) atoms. The molecular formula is C14H14N2NaO2S+. The molecule has 6 heteroatoms. The van der Waals surface area contributed by atoms with Gasteiger partial charge in [-0.3, -0.25) is 0 Å². The van der Waals surface area contributed by atoms with E-state index in [1.54, 1.807) is 24.3 Å². The molecule has 0 saturated heterocycles. The molecule has 98 valence electrons. The summed E-state index contributed by atoms with van der Waals surface area (Å²) in [7, 11) is -3.60. The molecule has 1 N–H and O–H groups in total. The topological polar surface area (TPSA) is 58.5 Å². The van der Waals surface area contributed by atoms with Crippen LogP contribution in [0.2, 0.25) is 0 Å². The first-order valence-corrected chi connectivity index (χ1v) is 7.23. The molecule has 0 bridgehead atoms. The maximum atomic E-state index is 11.9. The van der Waals surface area contributed by atoms with Crippen molar-refractivity contribution in [1.82, 2.24) is 4.83 Å². The van der Waals surface area contributed by atoms with E-state index in [1.807, 2.05) is 37.3 Å². The summed E-state index contributed by atoms with van der Waals surface area (Å²) in [6, 6.07) is 15.9. The molecular weight excluding hydrogens is 283 g/mol. The van der Waals surface area contributed by atoms with Gasteiger partial charge in [0, 0.05) is 0 Å². The standard InChI is InChI=1S/C14H14N2O2S.Na/c1-12-7-9-14(10-8-12)19(17,18)16-15-11-13-5-3-2-4-6-13;/h2-11,16H,1H3;/q;+1. The van der Waals surface area contributed by atoms with Crippen LogP contribution in [0, 0.1) is 6.92 Å². The van der Waals surface area contributed by atoms with Crippen LogP contribution in [0.15, 0.2) is 64.6 Å². The van der Waals surface area contributed by atoms with Crippen molar-refractivity contribution in [2.75, 3.05) is 0 Å². The van der Waals surface area contributed by atoms with Gasteiger partial charge in [0.1, 0.15) is 0 Å². The summed E-state index contributed by atoms with van der Waals surface area (Å²) in [6.07, 6.45) is 1.46. The number of aryl methyl sites for hydroxylation is 1. The average molecular weight is 297 g/mol. The van der Waals surface area contributed by atoms with Gasteiger partial charge in [-0.1, -0.05) is 48.0 Å². The quantitative estimate of drug-likeness (QED) is 0.461. The van der Waals surface area contributed by atoms with Crippen LogP contribution in [0.3, 0.4) is 0 Å². The summed E-state index contributed by atoms with van der Waals surface area (Å²) in [5, 5.41) is 3.75. The van der Waals surface area contributed by atoms with Crippen LogP contribution < -0.4 is 34.4 Å². The Morgan fingerprint density at radius 2 is 1.60 bits per heavy atom. The van der Waals surface area contributed by atoms with Gasteiger partial charge in [0.2, 0.25) is 0 Å². The second kappa shape index (κ2) is 7.59. The van der Waals surface area contributed by atoms with Gasteiger partial charge < -0.3 is 0 Å². The fraction of sp³-hybridized carbons (Fsp3) is 0.0714. The minimum Gasteiger partial charge on any atom is -0.200 e. The molecule has 0 radical (unpaired) electrons. The van der Waals surface area contributed by atoms with Crippen molar-refractivity contribution in [1.29, 1.82) is 0 Å². The van der Waals surface area contributed by atoms with E-state index in [0.717, 1.165) is 11.1 Å². The zero-order chi connectivity index (χ0) is 13.7. The number of hydrogen-bond acceptors (Lipinski definition) is 3. The van der Waals surface area contributed by atoms with E-state index < -0.39 is 10.0 Å². The van der Waals surface area contributed by atoms with Crippen molar-refractivity contribution >= 4 is 16.2 Å². The molecule has 0 spiro atoms. The maximum absolute atomic E-state index is 11.9. The van der Waals surface area contributed by atoms with Crippen molar-refractivity contribution in [2.24, 2.45) is 5.10 Å². The molecule has 4 nitrogen and oxygen atoms in total. The minimum atomic E-state index is -3.60. The number of rotatable bonds is 4. The fourth-order valence-electron chi connectivity index (χ4n) is 1.48. The third kappa shape index (κ3) is 4.76. The number of nitrogens with zero attached hydrogens (tertiary/aromatic N) is 1. The van der Waals surface area contributed by atoms with Gasteiger partial charge in [-0.15, -0.1) is 0 Å². The first-order valence-electron chi connectivity index (χ1n) is 5.74. The first kappa shape index (κ1) is 16.9. The van der Waals surface area contributed by atoms with Crippen molar-refractivity contribution in [2.45, 2.75) is 11.8 Å². The molecule has 2 aromatic carbocycles. The zero-order valence-corrected chi connectivity index (χ0v) is 14.3. The summed E-state index contributed by atoms with van der Waals surface area (Å²) >= 11 is 0. The molecule has 0 aliphatic carbocycles. The van der Waals surface area contributed by atoms with Crippen LogP contribution in [0.25, 0.3) is 0 Å². The van der Waals surface area contributed by atoms with E-state index in [4.69, 9.17) is 0 Å². The maximum Gasteiger partial charge on any atom is 1.00 e. The summed E-state index contributed by atoms with van der Waals surface area (Å²) in [6.45, 7) is 1.90. The number of benzene rings is 2. The monoisotopic (exact) mass is 297 g/mol.